The molecule has 1 heterocycles. The highest BCUT2D eigenvalue weighted by atomic mass is 35.5. The van der Waals surface area contributed by atoms with Gasteiger partial charge in [0.05, 0.1) is 12.7 Å². The quantitative estimate of drug-likeness (QED) is 0.933. The van der Waals surface area contributed by atoms with Gasteiger partial charge in [0, 0.05) is 18.0 Å². The number of hydrogen-bond acceptors (Lipinski definition) is 4. The summed E-state index contributed by atoms with van der Waals surface area (Å²) in [5, 5.41) is 12.0. The van der Waals surface area contributed by atoms with Gasteiger partial charge in [-0.25, -0.2) is 9.37 Å². The number of nitrogens with zero attached hydrogens (tertiary/aromatic N) is 2. The molecule has 4 nitrogen and oxygen atoms in total. The van der Waals surface area contributed by atoms with Crippen LogP contribution in [0, 0.1) is 17.1 Å². The van der Waals surface area contributed by atoms with E-state index >= 15 is 0 Å². The van der Waals surface area contributed by atoms with E-state index in [0.29, 0.717) is 17.1 Å². The van der Waals surface area contributed by atoms with E-state index in [1.54, 1.807) is 0 Å². The highest BCUT2D eigenvalue weighted by Gasteiger charge is 2.09. The molecule has 0 aliphatic heterocycles. The van der Waals surface area contributed by atoms with E-state index in [4.69, 9.17) is 21.6 Å². The molecule has 0 spiro atoms. The maximum atomic E-state index is 13.3. The van der Waals surface area contributed by atoms with E-state index < -0.39 is 5.82 Å². The van der Waals surface area contributed by atoms with Gasteiger partial charge in [0.1, 0.15) is 11.1 Å². The lowest BCUT2D eigenvalue weighted by atomic mass is 10.2. The molecule has 0 bridgehead atoms. The average Bonchev–Trinajstić information content (AvgIpc) is 2.43. The van der Waals surface area contributed by atoms with E-state index in [0.717, 1.165) is 0 Å². The first-order valence-electron chi connectivity index (χ1n) is 5.31. The summed E-state index contributed by atoms with van der Waals surface area (Å²) in [6, 6.07) is 7.74. The topological polar surface area (TPSA) is 57.9 Å². The van der Waals surface area contributed by atoms with Gasteiger partial charge in [-0.3, -0.25) is 0 Å². The zero-order valence-corrected chi connectivity index (χ0v) is 10.7. The number of aromatic nitrogens is 1. The van der Waals surface area contributed by atoms with Crippen molar-refractivity contribution < 1.29 is 9.13 Å². The summed E-state index contributed by atoms with van der Waals surface area (Å²) in [5.74, 6) is -0.0233. The van der Waals surface area contributed by atoms with Crippen molar-refractivity contribution in [3.8, 4) is 11.8 Å². The predicted octanol–water partition coefficient (Wildman–Crippen LogP) is 3.50. The van der Waals surface area contributed by atoms with Gasteiger partial charge in [-0.05, 0) is 18.2 Å². The maximum Gasteiger partial charge on any atom is 0.165 e. The third-order valence-electron chi connectivity index (χ3n) is 2.42. The number of nitrogens with one attached hydrogen (secondary N) is 1. The minimum absolute atomic E-state index is 0.109. The molecular weight excluding hydrogens is 269 g/mol. The average molecular weight is 278 g/mol. The van der Waals surface area contributed by atoms with Gasteiger partial charge in [0.2, 0.25) is 0 Å². The van der Waals surface area contributed by atoms with Crippen LogP contribution in [0.5, 0.6) is 5.75 Å². The number of nitriles is 1. The molecule has 0 radical (unpaired) electrons. The van der Waals surface area contributed by atoms with Crippen molar-refractivity contribution in [1.82, 2.24) is 4.98 Å². The highest BCUT2D eigenvalue weighted by molar-refractivity contribution is 6.34. The van der Waals surface area contributed by atoms with Gasteiger partial charge in [-0.1, -0.05) is 11.6 Å². The predicted molar refractivity (Wildman–Crippen MR) is 70.2 cm³/mol. The highest BCUT2D eigenvalue weighted by Crippen LogP contribution is 2.28. The van der Waals surface area contributed by atoms with E-state index in [2.05, 4.69) is 10.3 Å². The van der Waals surface area contributed by atoms with Gasteiger partial charge < -0.3 is 10.1 Å². The van der Waals surface area contributed by atoms with Crippen molar-refractivity contribution >= 4 is 23.1 Å². The number of hydrogen-bond donors (Lipinski definition) is 1. The molecular formula is C13H9ClFN3O. The molecule has 19 heavy (non-hydrogen) atoms. The second-order valence-electron chi connectivity index (χ2n) is 3.61. The third-order valence-corrected chi connectivity index (χ3v) is 2.81. The molecule has 2 rings (SSSR count). The molecule has 1 aromatic heterocycles. The molecule has 0 aliphatic carbocycles. The van der Waals surface area contributed by atoms with Crippen LogP contribution in [0.4, 0.5) is 15.9 Å². The Kier molecular flexibility index (Phi) is 3.83. The molecule has 0 saturated carbocycles. The van der Waals surface area contributed by atoms with Crippen LogP contribution < -0.4 is 10.1 Å². The fourth-order valence-electron chi connectivity index (χ4n) is 1.49. The molecule has 0 atom stereocenters. The van der Waals surface area contributed by atoms with Crippen molar-refractivity contribution in [3.63, 3.8) is 0 Å². The maximum absolute atomic E-state index is 13.3. The van der Waals surface area contributed by atoms with Gasteiger partial charge in [-0.2, -0.15) is 5.26 Å². The van der Waals surface area contributed by atoms with E-state index in [-0.39, 0.29) is 10.8 Å². The normalized spacial score (nSPS) is 9.79. The molecule has 0 aliphatic rings. The number of anilines is 2. The van der Waals surface area contributed by atoms with Crippen molar-refractivity contribution in [2.24, 2.45) is 0 Å². The van der Waals surface area contributed by atoms with Crippen LogP contribution in [0.15, 0.2) is 30.5 Å². The third kappa shape index (κ3) is 2.75. The number of rotatable bonds is 3. The van der Waals surface area contributed by atoms with Crippen LogP contribution in [0.2, 0.25) is 5.02 Å². The zero-order valence-electron chi connectivity index (χ0n) is 9.95. The lowest BCUT2D eigenvalue weighted by Gasteiger charge is -2.09. The number of ether oxygens (including phenoxy) is 1. The van der Waals surface area contributed by atoms with Gasteiger partial charge in [-0.15, -0.1) is 0 Å². The second-order valence-corrected chi connectivity index (χ2v) is 3.99. The molecule has 2 aromatic rings. The van der Waals surface area contributed by atoms with Crippen LogP contribution in [0.1, 0.15) is 5.56 Å². The minimum atomic E-state index is -0.460. The number of halogens is 2. The van der Waals surface area contributed by atoms with Crippen molar-refractivity contribution in [1.29, 1.82) is 5.26 Å². The minimum Gasteiger partial charge on any atom is -0.494 e. The summed E-state index contributed by atoms with van der Waals surface area (Å²) in [6.07, 6.45) is 1.47. The SMILES string of the molecule is COc1cc(Nc2nccc(C#N)c2Cl)ccc1F. The summed E-state index contributed by atoms with van der Waals surface area (Å²) in [6.45, 7) is 0. The zero-order chi connectivity index (χ0) is 13.8. The van der Waals surface area contributed by atoms with E-state index in [1.165, 1.54) is 37.6 Å². The van der Waals surface area contributed by atoms with Gasteiger partial charge in [0.25, 0.3) is 0 Å². The Balaban J connectivity index is 2.34. The van der Waals surface area contributed by atoms with Crippen LogP contribution in [-0.4, -0.2) is 12.1 Å². The largest absolute Gasteiger partial charge is 0.494 e. The Labute approximate surface area is 114 Å². The molecule has 1 N–H and O–H groups in total. The Morgan fingerprint density at radius 3 is 2.89 bits per heavy atom. The Morgan fingerprint density at radius 1 is 1.42 bits per heavy atom. The van der Waals surface area contributed by atoms with Crippen LogP contribution in [0.3, 0.4) is 0 Å². The number of pyridine rings is 1. The van der Waals surface area contributed by atoms with E-state index in [9.17, 15) is 4.39 Å². The summed E-state index contributed by atoms with van der Waals surface area (Å²) in [7, 11) is 1.38. The second kappa shape index (κ2) is 5.55. The van der Waals surface area contributed by atoms with Crippen molar-refractivity contribution in [3.05, 3.63) is 46.9 Å². The smallest absolute Gasteiger partial charge is 0.165 e. The van der Waals surface area contributed by atoms with Crippen molar-refractivity contribution in [2.75, 3.05) is 12.4 Å². The summed E-state index contributed by atoms with van der Waals surface area (Å²) in [5.41, 5.74) is 0.871. The molecule has 0 saturated heterocycles. The summed E-state index contributed by atoms with van der Waals surface area (Å²) in [4.78, 5) is 4.03. The van der Waals surface area contributed by atoms with Crippen LogP contribution in [0.25, 0.3) is 0 Å². The standard InChI is InChI=1S/C13H9ClFN3O/c1-19-11-6-9(2-3-10(11)15)18-13-12(14)8(7-16)4-5-17-13/h2-6H,1H3,(H,17,18). The Bertz CT molecular complexity index is 655. The first-order chi connectivity index (χ1) is 9.15. The van der Waals surface area contributed by atoms with Gasteiger partial charge in [0.15, 0.2) is 17.4 Å². The molecule has 0 fully saturated rings. The summed E-state index contributed by atoms with van der Waals surface area (Å²) >= 11 is 6.01. The Hall–Kier alpha value is -2.32. The van der Waals surface area contributed by atoms with E-state index in [1.807, 2.05) is 6.07 Å². The molecule has 96 valence electrons. The van der Waals surface area contributed by atoms with Crippen LogP contribution >= 0.6 is 11.6 Å². The molecule has 1 aromatic carbocycles. The molecule has 0 amide bonds. The summed E-state index contributed by atoms with van der Waals surface area (Å²) < 4.78 is 18.1. The monoisotopic (exact) mass is 277 g/mol. The first-order valence-corrected chi connectivity index (χ1v) is 5.68. The van der Waals surface area contributed by atoms with Crippen LogP contribution in [-0.2, 0) is 0 Å². The van der Waals surface area contributed by atoms with Crippen molar-refractivity contribution in [2.45, 2.75) is 0 Å². The molecule has 0 unspecified atom stereocenters. The number of benzene rings is 1. The lowest BCUT2D eigenvalue weighted by Crippen LogP contribution is -1.97. The van der Waals surface area contributed by atoms with Gasteiger partial charge >= 0.3 is 0 Å². The fraction of sp³-hybridized carbons (Fsp3) is 0.0769. The molecule has 6 heteroatoms. The lowest BCUT2D eigenvalue weighted by molar-refractivity contribution is 0.387. The fourth-order valence-corrected chi connectivity index (χ4v) is 1.69. The Morgan fingerprint density at radius 2 is 2.21 bits per heavy atom. The first kappa shape index (κ1) is 13.1. The number of methoxy groups -OCH3 is 1.